The Morgan fingerprint density at radius 2 is 2.25 bits per heavy atom. The van der Waals surface area contributed by atoms with Gasteiger partial charge in [-0.25, -0.2) is 10.8 Å². The van der Waals surface area contributed by atoms with E-state index < -0.39 is 0 Å². The van der Waals surface area contributed by atoms with Crippen LogP contribution in [0.2, 0.25) is 0 Å². The van der Waals surface area contributed by atoms with Crippen LogP contribution in [0.1, 0.15) is 12.8 Å². The molecule has 0 aromatic carbocycles. The number of hydrogen-bond acceptors (Lipinski definition) is 5. The van der Waals surface area contributed by atoms with Crippen LogP contribution in [0.4, 0.5) is 11.5 Å². The maximum absolute atomic E-state index is 5.35. The molecule has 0 aliphatic carbocycles. The smallest absolute Gasteiger partial charge is 0.141 e. The third kappa shape index (κ3) is 2.43. The number of nitrogens with zero attached hydrogens (tertiary/aromatic N) is 2. The van der Waals surface area contributed by atoms with Gasteiger partial charge in [-0.1, -0.05) is 0 Å². The summed E-state index contributed by atoms with van der Waals surface area (Å²) >= 11 is 0. The number of nitrogen functional groups attached to an aromatic ring is 1. The van der Waals surface area contributed by atoms with Gasteiger partial charge in [-0.2, -0.15) is 0 Å². The van der Waals surface area contributed by atoms with E-state index >= 15 is 0 Å². The Morgan fingerprint density at radius 1 is 1.50 bits per heavy atom. The first-order valence-corrected chi connectivity index (χ1v) is 5.54. The van der Waals surface area contributed by atoms with Gasteiger partial charge >= 0.3 is 0 Å². The Labute approximate surface area is 95.6 Å². The van der Waals surface area contributed by atoms with Crippen LogP contribution < -0.4 is 16.2 Å². The Morgan fingerprint density at radius 3 is 2.88 bits per heavy atom. The van der Waals surface area contributed by atoms with Crippen molar-refractivity contribution in [3.05, 3.63) is 18.3 Å². The third-order valence-corrected chi connectivity index (χ3v) is 3.03. The van der Waals surface area contributed by atoms with Crippen molar-refractivity contribution < 1.29 is 4.74 Å². The fourth-order valence-corrected chi connectivity index (χ4v) is 2.04. The van der Waals surface area contributed by atoms with Crippen LogP contribution in [-0.2, 0) is 4.74 Å². The molecule has 2 heterocycles. The van der Waals surface area contributed by atoms with E-state index in [1.807, 2.05) is 12.1 Å². The fraction of sp³-hybridized carbons (Fsp3) is 0.545. The van der Waals surface area contributed by atoms with E-state index in [1.165, 1.54) is 0 Å². The van der Waals surface area contributed by atoms with E-state index in [9.17, 15) is 0 Å². The molecule has 1 saturated heterocycles. The van der Waals surface area contributed by atoms with Gasteiger partial charge in [0, 0.05) is 38.1 Å². The van der Waals surface area contributed by atoms with E-state index in [1.54, 1.807) is 13.3 Å². The normalized spacial score (nSPS) is 17.5. The molecule has 5 heteroatoms. The van der Waals surface area contributed by atoms with Gasteiger partial charge in [0.2, 0.25) is 0 Å². The lowest BCUT2D eigenvalue weighted by Gasteiger charge is -2.32. The van der Waals surface area contributed by atoms with Crippen molar-refractivity contribution in [1.82, 2.24) is 4.98 Å². The molecular formula is C11H18N4O. The molecule has 0 spiro atoms. The molecule has 3 N–H and O–H groups in total. The number of nitrogens with two attached hydrogens (primary N) is 1. The lowest BCUT2D eigenvalue weighted by Crippen LogP contribution is -2.36. The lowest BCUT2D eigenvalue weighted by molar-refractivity contribution is 0.0819. The van der Waals surface area contributed by atoms with Crippen LogP contribution in [0.5, 0.6) is 0 Å². The summed E-state index contributed by atoms with van der Waals surface area (Å²) in [5.41, 5.74) is 3.73. The van der Waals surface area contributed by atoms with E-state index in [2.05, 4.69) is 15.3 Å². The Kier molecular flexibility index (Phi) is 3.58. The summed E-state index contributed by atoms with van der Waals surface area (Å²) in [7, 11) is 1.78. The largest absolute Gasteiger partial charge is 0.381 e. The molecule has 0 saturated carbocycles. The minimum atomic E-state index is 0.408. The Hall–Kier alpha value is -1.33. The first kappa shape index (κ1) is 11.2. The predicted octanol–water partition coefficient (Wildman–Crippen LogP) is 0.982. The van der Waals surface area contributed by atoms with Crippen molar-refractivity contribution in [2.75, 3.05) is 30.5 Å². The van der Waals surface area contributed by atoms with Gasteiger partial charge in [0.05, 0.1) is 6.10 Å². The van der Waals surface area contributed by atoms with Gasteiger partial charge in [0.25, 0.3) is 0 Å². The van der Waals surface area contributed by atoms with Crippen molar-refractivity contribution in [3.8, 4) is 0 Å². The van der Waals surface area contributed by atoms with E-state index in [0.29, 0.717) is 11.9 Å². The number of anilines is 2. The highest BCUT2D eigenvalue weighted by Gasteiger charge is 2.18. The zero-order valence-electron chi connectivity index (χ0n) is 9.52. The van der Waals surface area contributed by atoms with E-state index in [4.69, 9.17) is 10.6 Å². The second-order valence-corrected chi connectivity index (χ2v) is 3.97. The highest BCUT2D eigenvalue weighted by molar-refractivity contribution is 5.53. The van der Waals surface area contributed by atoms with Crippen LogP contribution in [0, 0.1) is 0 Å². The van der Waals surface area contributed by atoms with Gasteiger partial charge in [-0.3, -0.25) is 0 Å². The van der Waals surface area contributed by atoms with Crippen LogP contribution in [-0.4, -0.2) is 31.3 Å². The number of aromatic nitrogens is 1. The standard InChI is InChI=1S/C11H18N4O/c1-16-10-3-6-15(7-4-10)9-2-5-13-11(8-9)14-12/h2,5,8,10H,3-4,6-7,12H2,1H3,(H,13,14). The van der Waals surface area contributed by atoms with Crippen LogP contribution >= 0.6 is 0 Å². The summed E-state index contributed by atoms with van der Waals surface area (Å²) in [5, 5.41) is 0. The summed E-state index contributed by atoms with van der Waals surface area (Å²) < 4.78 is 5.35. The molecule has 1 aliphatic rings. The van der Waals surface area contributed by atoms with Crippen LogP contribution in [0.15, 0.2) is 18.3 Å². The zero-order valence-corrected chi connectivity index (χ0v) is 9.52. The second kappa shape index (κ2) is 5.14. The number of nitrogens with one attached hydrogen (secondary N) is 1. The Balaban J connectivity index is 2.02. The molecule has 1 aromatic rings. The molecule has 88 valence electrons. The average molecular weight is 222 g/mol. The first-order chi connectivity index (χ1) is 7.83. The molecule has 1 fully saturated rings. The van der Waals surface area contributed by atoms with Gasteiger partial charge in [-0.15, -0.1) is 0 Å². The number of pyridine rings is 1. The molecule has 2 rings (SSSR count). The molecular weight excluding hydrogens is 204 g/mol. The molecule has 0 unspecified atom stereocenters. The summed E-state index contributed by atoms with van der Waals surface area (Å²) in [6.07, 6.45) is 4.33. The number of hydrazine groups is 1. The first-order valence-electron chi connectivity index (χ1n) is 5.54. The second-order valence-electron chi connectivity index (χ2n) is 3.97. The third-order valence-electron chi connectivity index (χ3n) is 3.03. The number of piperidine rings is 1. The maximum atomic E-state index is 5.35. The number of methoxy groups -OCH3 is 1. The van der Waals surface area contributed by atoms with Gasteiger partial charge in [0.15, 0.2) is 0 Å². The van der Waals surface area contributed by atoms with Crippen molar-refractivity contribution in [1.29, 1.82) is 0 Å². The number of hydrogen-bond donors (Lipinski definition) is 2. The van der Waals surface area contributed by atoms with Crippen LogP contribution in [0.25, 0.3) is 0 Å². The molecule has 1 aromatic heterocycles. The Bertz CT molecular complexity index is 337. The summed E-state index contributed by atoms with van der Waals surface area (Å²) in [4.78, 5) is 6.43. The molecule has 0 atom stereocenters. The van der Waals surface area contributed by atoms with Crippen molar-refractivity contribution in [2.45, 2.75) is 18.9 Å². The lowest BCUT2D eigenvalue weighted by atomic mass is 10.1. The number of ether oxygens (including phenoxy) is 1. The summed E-state index contributed by atoms with van der Waals surface area (Å²) in [5.74, 6) is 6.04. The fourth-order valence-electron chi connectivity index (χ4n) is 2.04. The average Bonchev–Trinajstić information content (AvgIpc) is 2.39. The molecule has 5 nitrogen and oxygen atoms in total. The molecule has 0 radical (unpaired) electrons. The zero-order chi connectivity index (χ0) is 11.4. The van der Waals surface area contributed by atoms with E-state index in [-0.39, 0.29) is 0 Å². The SMILES string of the molecule is COC1CCN(c2ccnc(NN)c2)CC1. The quantitative estimate of drug-likeness (QED) is 0.589. The minimum Gasteiger partial charge on any atom is -0.381 e. The van der Waals surface area contributed by atoms with Crippen molar-refractivity contribution >= 4 is 11.5 Å². The number of rotatable bonds is 3. The molecule has 0 amide bonds. The predicted molar refractivity (Wildman–Crippen MR) is 64.3 cm³/mol. The molecule has 0 bridgehead atoms. The highest BCUT2D eigenvalue weighted by Crippen LogP contribution is 2.22. The van der Waals surface area contributed by atoms with Crippen LogP contribution in [0.3, 0.4) is 0 Å². The minimum absolute atomic E-state index is 0.408. The van der Waals surface area contributed by atoms with Gasteiger partial charge in [0.1, 0.15) is 5.82 Å². The van der Waals surface area contributed by atoms with Gasteiger partial charge < -0.3 is 15.1 Å². The molecule has 1 aliphatic heterocycles. The van der Waals surface area contributed by atoms with E-state index in [0.717, 1.165) is 31.6 Å². The summed E-state index contributed by atoms with van der Waals surface area (Å²) in [6, 6.07) is 3.97. The topological polar surface area (TPSA) is 63.4 Å². The molecule has 16 heavy (non-hydrogen) atoms. The van der Waals surface area contributed by atoms with Crippen molar-refractivity contribution in [2.24, 2.45) is 5.84 Å². The monoisotopic (exact) mass is 222 g/mol. The van der Waals surface area contributed by atoms with Gasteiger partial charge in [-0.05, 0) is 18.9 Å². The highest BCUT2D eigenvalue weighted by atomic mass is 16.5. The van der Waals surface area contributed by atoms with Crippen molar-refractivity contribution in [3.63, 3.8) is 0 Å². The summed E-state index contributed by atoms with van der Waals surface area (Å²) in [6.45, 7) is 2.04. The maximum Gasteiger partial charge on any atom is 0.141 e.